The Morgan fingerprint density at radius 1 is 1.15 bits per heavy atom. The van der Waals surface area contributed by atoms with Crippen LogP contribution in [0.2, 0.25) is 0 Å². The third kappa shape index (κ3) is 3.58. The first-order chi connectivity index (χ1) is 9.74. The molecule has 106 valence electrons. The van der Waals surface area contributed by atoms with E-state index in [0.29, 0.717) is 0 Å². The van der Waals surface area contributed by atoms with Crippen LogP contribution in [0, 0.1) is 5.82 Å². The summed E-state index contributed by atoms with van der Waals surface area (Å²) in [4.78, 5) is 0. The number of hydrogen-bond acceptors (Lipinski definition) is 2. The lowest BCUT2D eigenvalue weighted by atomic mass is 9.98. The van der Waals surface area contributed by atoms with Crippen LogP contribution in [-0.2, 0) is 6.42 Å². The Morgan fingerprint density at radius 2 is 1.90 bits per heavy atom. The number of hydrogen-bond donors (Lipinski definition) is 1. The summed E-state index contributed by atoms with van der Waals surface area (Å²) in [6.07, 6.45) is 1.65. The van der Waals surface area contributed by atoms with E-state index in [2.05, 4.69) is 17.4 Å². The van der Waals surface area contributed by atoms with Gasteiger partial charge in [0.2, 0.25) is 0 Å². The minimum Gasteiger partial charge on any atom is -0.496 e. The standard InChI is InChI=1S/C17H20FNO/c1-19-16(13-6-4-3-5-7-13)10-8-14-12-15(18)9-11-17(14)20-2/h3-7,9,11-12,16,19H,8,10H2,1-2H3. The van der Waals surface area contributed by atoms with Crippen LogP contribution in [0.4, 0.5) is 4.39 Å². The minimum absolute atomic E-state index is 0.221. The van der Waals surface area contributed by atoms with E-state index in [1.807, 2.05) is 25.2 Å². The normalized spacial score (nSPS) is 12.2. The number of methoxy groups -OCH3 is 1. The van der Waals surface area contributed by atoms with Crippen LogP contribution in [0.5, 0.6) is 5.75 Å². The Hall–Kier alpha value is -1.87. The Morgan fingerprint density at radius 3 is 2.55 bits per heavy atom. The van der Waals surface area contributed by atoms with Crippen molar-refractivity contribution in [3.63, 3.8) is 0 Å². The average Bonchev–Trinajstić information content (AvgIpc) is 2.49. The first kappa shape index (κ1) is 14.5. The van der Waals surface area contributed by atoms with Gasteiger partial charge in [0, 0.05) is 6.04 Å². The average molecular weight is 273 g/mol. The monoisotopic (exact) mass is 273 g/mol. The first-order valence-corrected chi connectivity index (χ1v) is 6.79. The van der Waals surface area contributed by atoms with E-state index >= 15 is 0 Å². The third-order valence-corrected chi connectivity index (χ3v) is 3.50. The van der Waals surface area contributed by atoms with E-state index in [1.54, 1.807) is 19.2 Å². The molecule has 0 aliphatic rings. The number of ether oxygens (including phenoxy) is 1. The van der Waals surface area contributed by atoms with E-state index in [1.165, 1.54) is 11.6 Å². The molecule has 0 fully saturated rings. The Labute approximate surface area is 119 Å². The van der Waals surface area contributed by atoms with Crippen molar-refractivity contribution >= 4 is 0 Å². The summed E-state index contributed by atoms with van der Waals surface area (Å²) in [5.74, 6) is 0.524. The van der Waals surface area contributed by atoms with Crippen molar-refractivity contribution in [1.82, 2.24) is 5.32 Å². The van der Waals surface area contributed by atoms with Gasteiger partial charge in [0.15, 0.2) is 0 Å². The highest BCUT2D eigenvalue weighted by molar-refractivity contribution is 5.34. The van der Waals surface area contributed by atoms with Crippen molar-refractivity contribution in [3.05, 3.63) is 65.5 Å². The lowest BCUT2D eigenvalue weighted by molar-refractivity contribution is 0.406. The Balaban J connectivity index is 2.09. The first-order valence-electron chi connectivity index (χ1n) is 6.79. The van der Waals surface area contributed by atoms with Crippen LogP contribution in [0.15, 0.2) is 48.5 Å². The highest BCUT2D eigenvalue weighted by Crippen LogP contribution is 2.24. The molecule has 0 saturated heterocycles. The molecule has 0 amide bonds. The van der Waals surface area contributed by atoms with Crippen molar-refractivity contribution in [1.29, 1.82) is 0 Å². The molecule has 0 radical (unpaired) electrons. The molecule has 1 unspecified atom stereocenters. The molecule has 0 aromatic heterocycles. The maximum Gasteiger partial charge on any atom is 0.123 e. The molecule has 1 atom stereocenters. The van der Waals surface area contributed by atoms with Crippen LogP contribution in [0.25, 0.3) is 0 Å². The van der Waals surface area contributed by atoms with Crippen LogP contribution in [0.1, 0.15) is 23.6 Å². The second-order valence-corrected chi connectivity index (χ2v) is 4.75. The van der Waals surface area contributed by atoms with Gasteiger partial charge in [-0.1, -0.05) is 30.3 Å². The molecule has 2 aromatic carbocycles. The molecule has 2 rings (SSSR count). The topological polar surface area (TPSA) is 21.3 Å². The summed E-state index contributed by atoms with van der Waals surface area (Å²) in [6.45, 7) is 0. The van der Waals surface area contributed by atoms with Crippen LogP contribution >= 0.6 is 0 Å². The predicted octanol–water partition coefficient (Wildman–Crippen LogP) is 3.73. The van der Waals surface area contributed by atoms with Crippen LogP contribution < -0.4 is 10.1 Å². The van der Waals surface area contributed by atoms with Gasteiger partial charge in [-0.2, -0.15) is 0 Å². The van der Waals surface area contributed by atoms with Crippen LogP contribution in [-0.4, -0.2) is 14.2 Å². The molecule has 2 aromatic rings. The fraction of sp³-hybridized carbons (Fsp3) is 0.294. The number of aryl methyl sites for hydroxylation is 1. The van der Waals surface area contributed by atoms with Crippen molar-refractivity contribution < 1.29 is 9.13 Å². The number of halogens is 1. The molecule has 0 saturated carbocycles. The lowest BCUT2D eigenvalue weighted by Crippen LogP contribution is -2.17. The molecule has 0 heterocycles. The minimum atomic E-state index is -0.221. The number of benzene rings is 2. The van der Waals surface area contributed by atoms with Gasteiger partial charge in [-0.15, -0.1) is 0 Å². The zero-order chi connectivity index (χ0) is 14.4. The highest BCUT2D eigenvalue weighted by Gasteiger charge is 2.11. The maximum atomic E-state index is 13.3. The summed E-state index contributed by atoms with van der Waals surface area (Å²) in [6, 6.07) is 15.2. The molecule has 0 bridgehead atoms. The molecule has 3 heteroatoms. The summed E-state index contributed by atoms with van der Waals surface area (Å²) in [7, 11) is 3.56. The zero-order valence-corrected chi connectivity index (χ0v) is 11.9. The predicted molar refractivity (Wildman–Crippen MR) is 79.5 cm³/mol. The SMILES string of the molecule is CNC(CCc1cc(F)ccc1OC)c1ccccc1. The fourth-order valence-electron chi connectivity index (χ4n) is 2.41. The van der Waals surface area contributed by atoms with Gasteiger partial charge in [0.1, 0.15) is 11.6 Å². The highest BCUT2D eigenvalue weighted by atomic mass is 19.1. The summed E-state index contributed by atoms with van der Waals surface area (Å²) < 4.78 is 18.6. The van der Waals surface area contributed by atoms with Gasteiger partial charge in [0.25, 0.3) is 0 Å². The molecule has 0 aliphatic heterocycles. The molecule has 0 aliphatic carbocycles. The van der Waals surface area contributed by atoms with Gasteiger partial charge in [-0.05, 0) is 49.2 Å². The zero-order valence-electron chi connectivity index (χ0n) is 11.9. The maximum absolute atomic E-state index is 13.3. The third-order valence-electron chi connectivity index (χ3n) is 3.50. The van der Waals surface area contributed by atoms with E-state index in [0.717, 1.165) is 24.2 Å². The van der Waals surface area contributed by atoms with Gasteiger partial charge in [0.05, 0.1) is 7.11 Å². The van der Waals surface area contributed by atoms with Crippen molar-refractivity contribution in [3.8, 4) is 5.75 Å². The summed E-state index contributed by atoms with van der Waals surface area (Å²) >= 11 is 0. The largest absolute Gasteiger partial charge is 0.496 e. The molecular weight excluding hydrogens is 253 g/mol. The lowest BCUT2D eigenvalue weighted by Gasteiger charge is -2.17. The summed E-state index contributed by atoms with van der Waals surface area (Å²) in [5, 5.41) is 3.31. The molecule has 2 nitrogen and oxygen atoms in total. The second-order valence-electron chi connectivity index (χ2n) is 4.75. The van der Waals surface area contributed by atoms with Crippen molar-refractivity contribution in [2.75, 3.05) is 14.2 Å². The molecule has 20 heavy (non-hydrogen) atoms. The molecular formula is C17H20FNO. The van der Waals surface area contributed by atoms with E-state index in [4.69, 9.17) is 4.74 Å². The quantitative estimate of drug-likeness (QED) is 0.866. The van der Waals surface area contributed by atoms with Gasteiger partial charge >= 0.3 is 0 Å². The van der Waals surface area contributed by atoms with Crippen molar-refractivity contribution in [2.24, 2.45) is 0 Å². The van der Waals surface area contributed by atoms with E-state index < -0.39 is 0 Å². The Kier molecular flexibility index (Phi) is 5.13. The Bertz CT molecular complexity index is 542. The van der Waals surface area contributed by atoms with Gasteiger partial charge in [-0.3, -0.25) is 0 Å². The summed E-state index contributed by atoms with van der Waals surface area (Å²) in [5.41, 5.74) is 2.15. The number of nitrogens with one attached hydrogen (secondary N) is 1. The van der Waals surface area contributed by atoms with E-state index in [-0.39, 0.29) is 11.9 Å². The fourth-order valence-corrected chi connectivity index (χ4v) is 2.41. The van der Waals surface area contributed by atoms with Gasteiger partial charge < -0.3 is 10.1 Å². The molecule has 1 N–H and O–H groups in total. The van der Waals surface area contributed by atoms with E-state index in [9.17, 15) is 4.39 Å². The van der Waals surface area contributed by atoms with Crippen molar-refractivity contribution in [2.45, 2.75) is 18.9 Å². The second kappa shape index (κ2) is 7.06. The van der Waals surface area contributed by atoms with Gasteiger partial charge in [-0.25, -0.2) is 4.39 Å². The number of rotatable bonds is 6. The smallest absolute Gasteiger partial charge is 0.123 e. The van der Waals surface area contributed by atoms with Crippen LogP contribution in [0.3, 0.4) is 0 Å². The molecule has 0 spiro atoms.